The Hall–Kier alpha value is -1.71. The van der Waals surface area contributed by atoms with Crippen molar-refractivity contribution in [3.05, 3.63) is 24.3 Å². The number of ether oxygens (including phenoxy) is 1. The van der Waals surface area contributed by atoms with Crippen LogP contribution in [-0.4, -0.2) is 19.1 Å². The Bertz CT molecular complexity index is 442. The Morgan fingerprint density at radius 3 is 2.76 bits per heavy atom. The molecule has 4 nitrogen and oxygen atoms in total. The normalized spacial score (nSPS) is 15.6. The van der Waals surface area contributed by atoms with Crippen LogP contribution in [0.1, 0.15) is 44.9 Å². The summed E-state index contributed by atoms with van der Waals surface area (Å²) >= 11 is 0. The van der Waals surface area contributed by atoms with Gasteiger partial charge in [-0.15, -0.1) is 0 Å². The van der Waals surface area contributed by atoms with Crippen molar-refractivity contribution in [1.29, 1.82) is 0 Å². The molecule has 0 atom stereocenters. The van der Waals surface area contributed by atoms with Gasteiger partial charge in [0, 0.05) is 6.54 Å². The van der Waals surface area contributed by atoms with Gasteiger partial charge in [0.05, 0.1) is 18.7 Å². The molecule has 21 heavy (non-hydrogen) atoms. The number of hydrogen-bond acceptors (Lipinski definition) is 3. The number of benzene rings is 1. The highest BCUT2D eigenvalue weighted by molar-refractivity contribution is 5.73. The van der Waals surface area contributed by atoms with E-state index in [1.54, 1.807) is 0 Å². The van der Waals surface area contributed by atoms with E-state index in [2.05, 4.69) is 5.32 Å². The first-order valence-corrected chi connectivity index (χ1v) is 7.99. The van der Waals surface area contributed by atoms with Gasteiger partial charge in [0.2, 0.25) is 5.91 Å². The van der Waals surface area contributed by atoms with Gasteiger partial charge < -0.3 is 15.8 Å². The highest BCUT2D eigenvalue weighted by Gasteiger charge is 2.13. The molecule has 0 saturated heterocycles. The zero-order valence-corrected chi connectivity index (χ0v) is 12.6. The molecule has 0 spiro atoms. The smallest absolute Gasteiger partial charge is 0.220 e. The first-order chi connectivity index (χ1) is 10.3. The lowest BCUT2D eigenvalue weighted by Gasteiger charge is -2.22. The van der Waals surface area contributed by atoms with Crippen LogP contribution in [0.4, 0.5) is 5.69 Å². The minimum atomic E-state index is -0.335. The fourth-order valence-electron chi connectivity index (χ4n) is 2.89. The molecule has 0 aliphatic heterocycles. The van der Waals surface area contributed by atoms with Gasteiger partial charge in [0.1, 0.15) is 5.75 Å². The van der Waals surface area contributed by atoms with E-state index < -0.39 is 0 Å². The van der Waals surface area contributed by atoms with Gasteiger partial charge >= 0.3 is 0 Å². The fourth-order valence-corrected chi connectivity index (χ4v) is 2.89. The third-order valence-corrected chi connectivity index (χ3v) is 4.09. The third kappa shape index (κ3) is 5.66. The number of carbonyl (C=O) groups is 1. The van der Waals surface area contributed by atoms with Crippen LogP contribution < -0.4 is 15.8 Å². The summed E-state index contributed by atoms with van der Waals surface area (Å²) in [5.74, 6) is 1.33. The van der Waals surface area contributed by atoms with Crippen LogP contribution in [-0.2, 0) is 4.79 Å². The molecule has 0 bridgehead atoms. The second-order valence-electron chi connectivity index (χ2n) is 5.78. The molecule has 0 unspecified atom stereocenters. The van der Waals surface area contributed by atoms with Crippen molar-refractivity contribution in [3.8, 4) is 5.75 Å². The Balaban J connectivity index is 1.77. The van der Waals surface area contributed by atoms with Crippen LogP contribution in [0.15, 0.2) is 24.3 Å². The van der Waals surface area contributed by atoms with E-state index in [9.17, 15) is 4.79 Å². The summed E-state index contributed by atoms with van der Waals surface area (Å²) in [6.45, 7) is 1.30. The molecule has 1 amide bonds. The third-order valence-electron chi connectivity index (χ3n) is 4.09. The molecule has 0 heterocycles. The summed E-state index contributed by atoms with van der Waals surface area (Å²) in [4.78, 5) is 10.7. The van der Waals surface area contributed by atoms with Gasteiger partial charge in [-0.25, -0.2) is 0 Å². The number of primary amides is 1. The first kappa shape index (κ1) is 15.7. The minimum Gasteiger partial charge on any atom is -0.491 e. The lowest BCUT2D eigenvalue weighted by atomic mass is 9.87. The van der Waals surface area contributed by atoms with Crippen molar-refractivity contribution < 1.29 is 9.53 Å². The molecule has 116 valence electrons. The Kier molecular flexibility index (Phi) is 6.38. The average molecular weight is 290 g/mol. The Morgan fingerprint density at radius 2 is 2.00 bits per heavy atom. The number of nitrogens with one attached hydrogen (secondary N) is 1. The van der Waals surface area contributed by atoms with Crippen LogP contribution >= 0.6 is 0 Å². The van der Waals surface area contributed by atoms with E-state index >= 15 is 0 Å². The molecule has 0 radical (unpaired) electrons. The van der Waals surface area contributed by atoms with Crippen molar-refractivity contribution in [3.63, 3.8) is 0 Å². The van der Waals surface area contributed by atoms with E-state index in [0.717, 1.165) is 23.9 Å². The molecule has 1 aromatic rings. The zero-order valence-electron chi connectivity index (χ0n) is 12.6. The number of para-hydroxylation sites is 2. The second-order valence-corrected chi connectivity index (χ2v) is 5.78. The quantitative estimate of drug-likeness (QED) is 0.772. The summed E-state index contributed by atoms with van der Waals surface area (Å²) in [5, 5.41) is 3.46. The molecular formula is C17H26N2O2. The molecule has 1 saturated carbocycles. The van der Waals surface area contributed by atoms with Crippen LogP contribution in [0.2, 0.25) is 0 Å². The van der Waals surface area contributed by atoms with Gasteiger partial charge in [-0.3, -0.25) is 4.79 Å². The first-order valence-electron chi connectivity index (χ1n) is 7.99. The lowest BCUT2D eigenvalue weighted by molar-refractivity contribution is -0.118. The van der Waals surface area contributed by atoms with Crippen molar-refractivity contribution in [2.75, 3.05) is 18.5 Å². The van der Waals surface area contributed by atoms with Crippen molar-refractivity contribution in [2.45, 2.75) is 44.9 Å². The van der Waals surface area contributed by atoms with Gasteiger partial charge in [-0.2, -0.15) is 0 Å². The van der Waals surface area contributed by atoms with Crippen molar-refractivity contribution in [1.82, 2.24) is 0 Å². The Labute approximate surface area is 127 Å². The standard InChI is InChI=1S/C17H26N2O2/c18-17(20)11-13-21-16-9-5-4-8-15(16)19-12-10-14-6-2-1-3-7-14/h4-5,8-9,14,19H,1-3,6-7,10-13H2,(H2,18,20). The number of amides is 1. The van der Waals surface area contributed by atoms with Gasteiger partial charge in [-0.1, -0.05) is 44.2 Å². The maximum absolute atomic E-state index is 10.7. The summed E-state index contributed by atoms with van der Waals surface area (Å²) in [5.41, 5.74) is 6.12. The number of hydrogen-bond donors (Lipinski definition) is 2. The maximum atomic E-state index is 10.7. The summed E-state index contributed by atoms with van der Waals surface area (Å²) in [6, 6.07) is 7.86. The van der Waals surface area contributed by atoms with E-state index in [-0.39, 0.29) is 12.3 Å². The van der Waals surface area contributed by atoms with Crippen molar-refractivity contribution >= 4 is 11.6 Å². The number of nitrogens with two attached hydrogens (primary N) is 1. The molecule has 0 aromatic heterocycles. The van der Waals surface area contributed by atoms with E-state index in [4.69, 9.17) is 10.5 Å². The largest absolute Gasteiger partial charge is 0.491 e. The highest BCUT2D eigenvalue weighted by Crippen LogP contribution is 2.27. The SMILES string of the molecule is NC(=O)CCOc1ccccc1NCCC1CCCCC1. The average Bonchev–Trinajstić information content (AvgIpc) is 2.49. The molecule has 4 heteroatoms. The monoisotopic (exact) mass is 290 g/mol. The fraction of sp³-hybridized carbons (Fsp3) is 0.588. The van der Waals surface area contributed by atoms with Gasteiger partial charge in [0.15, 0.2) is 0 Å². The summed E-state index contributed by atoms with van der Waals surface area (Å²) in [6.07, 6.45) is 8.39. The maximum Gasteiger partial charge on any atom is 0.220 e. The number of anilines is 1. The summed E-state index contributed by atoms with van der Waals surface area (Å²) in [7, 11) is 0. The van der Waals surface area contributed by atoms with Crippen LogP contribution in [0.3, 0.4) is 0 Å². The Morgan fingerprint density at radius 1 is 1.24 bits per heavy atom. The van der Waals surface area contributed by atoms with E-state index in [1.165, 1.54) is 38.5 Å². The minimum absolute atomic E-state index is 0.246. The van der Waals surface area contributed by atoms with Gasteiger partial charge in [0.25, 0.3) is 0 Å². The van der Waals surface area contributed by atoms with Crippen LogP contribution in [0, 0.1) is 5.92 Å². The van der Waals surface area contributed by atoms with Gasteiger partial charge in [-0.05, 0) is 24.5 Å². The van der Waals surface area contributed by atoms with Crippen LogP contribution in [0.5, 0.6) is 5.75 Å². The second kappa shape index (κ2) is 8.55. The van der Waals surface area contributed by atoms with E-state index in [0.29, 0.717) is 6.61 Å². The molecule has 1 aliphatic rings. The molecule has 1 fully saturated rings. The lowest BCUT2D eigenvalue weighted by Crippen LogP contribution is -2.15. The highest BCUT2D eigenvalue weighted by atomic mass is 16.5. The molecular weight excluding hydrogens is 264 g/mol. The molecule has 1 aromatic carbocycles. The topological polar surface area (TPSA) is 64.4 Å². The molecule has 1 aliphatic carbocycles. The van der Waals surface area contributed by atoms with Crippen molar-refractivity contribution in [2.24, 2.45) is 11.7 Å². The molecule has 3 N–H and O–H groups in total. The molecule has 2 rings (SSSR count). The zero-order chi connectivity index (χ0) is 14.9. The number of rotatable bonds is 8. The van der Waals surface area contributed by atoms with Crippen LogP contribution in [0.25, 0.3) is 0 Å². The summed E-state index contributed by atoms with van der Waals surface area (Å²) < 4.78 is 5.63. The predicted octanol–water partition coefficient (Wildman–Crippen LogP) is 3.32. The van der Waals surface area contributed by atoms with E-state index in [1.807, 2.05) is 24.3 Å². The number of carbonyl (C=O) groups excluding carboxylic acids is 1. The predicted molar refractivity (Wildman–Crippen MR) is 85.4 cm³/mol.